The Bertz CT molecular complexity index is 452. The summed E-state index contributed by atoms with van der Waals surface area (Å²) in [7, 11) is 0. The van der Waals surface area contributed by atoms with Crippen molar-refractivity contribution in [3.63, 3.8) is 0 Å². The Kier molecular flexibility index (Phi) is 2.58. The molecule has 68 valence electrons. The Morgan fingerprint density at radius 3 is 2.92 bits per heavy atom. The second-order valence-electron chi connectivity index (χ2n) is 2.63. The molecule has 0 atom stereocenters. The van der Waals surface area contributed by atoms with E-state index in [0.717, 1.165) is 15.6 Å². The molecular weight excluding hydrogens is 275 g/mol. The predicted octanol–water partition coefficient (Wildman–Crippen LogP) is 4.59. The summed E-state index contributed by atoms with van der Waals surface area (Å²) >= 11 is 10.6. The standard InChI is InChI=1S/C9H5BrClFS/c10-3-5-1-2-6(11)8-7(12)4-13-9(5)8/h1-2,4H,3H2. The number of hydrogen-bond donors (Lipinski definition) is 0. The van der Waals surface area contributed by atoms with Crippen LogP contribution in [-0.2, 0) is 5.33 Å². The van der Waals surface area contributed by atoms with E-state index in [1.165, 1.54) is 16.7 Å². The largest absolute Gasteiger partial charge is 0.205 e. The molecule has 0 spiro atoms. The van der Waals surface area contributed by atoms with E-state index < -0.39 is 0 Å². The zero-order valence-corrected chi connectivity index (χ0v) is 9.64. The van der Waals surface area contributed by atoms with E-state index in [2.05, 4.69) is 15.9 Å². The highest BCUT2D eigenvalue weighted by molar-refractivity contribution is 9.08. The highest BCUT2D eigenvalue weighted by atomic mass is 79.9. The first kappa shape index (κ1) is 9.44. The maximum atomic E-state index is 13.2. The smallest absolute Gasteiger partial charge is 0.143 e. The van der Waals surface area contributed by atoms with Crippen molar-refractivity contribution < 1.29 is 4.39 Å². The molecule has 2 aromatic rings. The lowest BCUT2D eigenvalue weighted by atomic mass is 10.2. The molecule has 0 radical (unpaired) electrons. The van der Waals surface area contributed by atoms with E-state index in [1.807, 2.05) is 6.07 Å². The summed E-state index contributed by atoms with van der Waals surface area (Å²) in [4.78, 5) is 0. The fraction of sp³-hybridized carbons (Fsp3) is 0.111. The Morgan fingerprint density at radius 2 is 2.23 bits per heavy atom. The second-order valence-corrected chi connectivity index (χ2v) is 4.48. The maximum Gasteiger partial charge on any atom is 0.143 e. The van der Waals surface area contributed by atoms with Crippen LogP contribution in [0.4, 0.5) is 4.39 Å². The van der Waals surface area contributed by atoms with Crippen LogP contribution in [0.1, 0.15) is 5.56 Å². The topological polar surface area (TPSA) is 0 Å². The third kappa shape index (κ3) is 1.49. The van der Waals surface area contributed by atoms with Gasteiger partial charge in [-0.25, -0.2) is 4.39 Å². The molecule has 0 N–H and O–H groups in total. The van der Waals surface area contributed by atoms with Crippen LogP contribution in [0.3, 0.4) is 0 Å². The number of halogens is 3. The summed E-state index contributed by atoms with van der Waals surface area (Å²) in [5, 5.41) is 3.24. The van der Waals surface area contributed by atoms with Crippen molar-refractivity contribution in [1.82, 2.24) is 0 Å². The summed E-state index contributed by atoms with van der Waals surface area (Å²) in [6.07, 6.45) is 0. The monoisotopic (exact) mass is 278 g/mol. The van der Waals surface area contributed by atoms with E-state index in [0.29, 0.717) is 10.4 Å². The molecule has 13 heavy (non-hydrogen) atoms. The summed E-state index contributed by atoms with van der Waals surface area (Å²) in [5.41, 5.74) is 1.08. The first-order valence-electron chi connectivity index (χ1n) is 3.64. The molecule has 0 saturated carbocycles. The average molecular weight is 280 g/mol. The number of hydrogen-bond acceptors (Lipinski definition) is 1. The van der Waals surface area contributed by atoms with Gasteiger partial charge in [0.25, 0.3) is 0 Å². The highest BCUT2D eigenvalue weighted by Gasteiger charge is 2.10. The van der Waals surface area contributed by atoms with Crippen molar-refractivity contribution in [2.45, 2.75) is 5.33 Å². The lowest BCUT2D eigenvalue weighted by Gasteiger charge is -1.99. The fourth-order valence-electron chi connectivity index (χ4n) is 1.23. The quantitative estimate of drug-likeness (QED) is 0.670. The van der Waals surface area contributed by atoms with Gasteiger partial charge in [0.2, 0.25) is 0 Å². The van der Waals surface area contributed by atoms with Crippen molar-refractivity contribution >= 4 is 49.0 Å². The molecule has 0 aliphatic rings. The van der Waals surface area contributed by atoms with Crippen LogP contribution in [0.5, 0.6) is 0 Å². The summed E-state index contributed by atoms with van der Waals surface area (Å²) in [6.45, 7) is 0. The van der Waals surface area contributed by atoms with Crippen molar-refractivity contribution in [3.8, 4) is 0 Å². The average Bonchev–Trinajstić information content (AvgIpc) is 2.50. The van der Waals surface area contributed by atoms with E-state index in [-0.39, 0.29) is 5.82 Å². The number of alkyl halides is 1. The third-order valence-corrected chi connectivity index (χ3v) is 3.80. The van der Waals surface area contributed by atoms with Gasteiger partial charge in [-0.05, 0) is 11.6 Å². The van der Waals surface area contributed by atoms with Crippen LogP contribution < -0.4 is 0 Å². The van der Waals surface area contributed by atoms with Gasteiger partial charge in [0.1, 0.15) is 5.82 Å². The second kappa shape index (κ2) is 3.56. The normalized spacial score (nSPS) is 11.0. The molecule has 0 aliphatic carbocycles. The van der Waals surface area contributed by atoms with E-state index in [1.54, 1.807) is 6.07 Å². The summed E-state index contributed by atoms with van der Waals surface area (Å²) in [5.74, 6) is -0.229. The molecular formula is C9H5BrClFS. The van der Waals surface area contributed by atoms with Crippen molar-refractivity contribution in [2.24, 2.45) is 0 Å². The molecule has 1 aromatic carbocycles. The first-order valence-corrected chi connectivity index (χ1v) is 6.02. The summed E-state index contributed by atoms with van der Waals surface area (Å²) in [6, 6.07) is 3.64. The molecule has 0 bridgehead atoms. The van der Waals surface area contributed by atoms with Crippen LogP contribution in [0, 0.1) is 5.82 Å². The van der Waals surface area contributed by atoms with Gasteiger partial charge >= 0.3 is 0 Å². The van der Waals surface area contributed by atoms with Crippen LogP contribution in [0.2, 0.25) is 5.02 Å². The number of rotatable bonds is 1. The minimum absolute atomic E-state index is 0.229. The van der Waals surface area contributed by atoms with Gasteiger partial charge in [0, 0.05) is 20.8 Å². The Hall–Kier alpha value is -0.120. The van der Waals surface area contributed by atoms with Gasteiger partial charge < -0.3 is 0 Å². The third-order valence-electron chi connectivity index (χ3n) is 1.85. The highest BCUT2D eigenvalue weighted by Crippen LogP contribution is 2.34. The van der Waals surface area contributed by atoms with Gasteiger partial charge in [-0.1, -0.05) is 33.6 Å². The molecule has 0 amide bonds. The fourth-order valence-corrected chi connectivity index (χ4v) is 3.15. The Morgan fingerprint density at radius 1 is 1.46 bits per heavy atom. The van der Waals surface area contributed by atoms with Crippen LogP contribution in [0.15, 0.2) is 17.5 Å². The van der Waals surface area contributed by atoms with E-state index in [9.17, 15) is 4.39 Å². The maximum absolute atomic E-state index is 13.2. The van der Waals surface area contributed by atoms with Crippen molar-refractivity contribution in [2.75, 3.05) is 0 Å². The molecule has 0 unspecified atom stereocenters. The summed E-state index contributed by atoms with van der Waals surface area (Å²) < 4.78 is 14.2. The zero-order valence-electron chi connectivity index (χ0n) is 6.48. The molecule has 1 heterocycles. The van der Waals surface area contributed by atoms with E-state index in [4.69, 9.17) is 11.6 Å². The molecule has 0 nitrogen and oxygen atoms in total. The predicted molar refractivity (Wildman–Crippen MR) is 59.4 cm³/mol. The van der Waals surface area contributed by atoms with Crippen LogP contribution in [-0.4, -0.2) is 0 Å². The lowest BCUT2D eigenvalue weighted by molar-refractivity contribution is 0.644. The first-order chi connectivity index (χ1) is 6.24. The lowest BCUT2D eigenvalue weighted by Crippen LogP contribution is -1.79. The molecule has 1 aromatic heterocycles. The van der Waals surface area contributed by atoms with Crippen molar-refractivity contribution in [3.05, 3.63) is 33.9 Å². The molecule has 2 rings (SSSR count). The molecule has 0 aliphatic heterocycles. The molecule has 0 fully saturated rings. The van der Waals surface area contributed by atoms with Gasteiger partial charge in [0.05, 0.1) is 5.02 Å². The van der Waals surface area contributed by atoms with Gasteiger partial charge in [-0.15, -0.1) is 11.3 Å². The number of fused-ring (bicyclic) bond motifs is 1. The van der Waals surface area contributed by atoms with Crippen LogP contribution in [0.25, 0.3) is 10.1 Å². The minimum Gasteiger partial charge on any atom is -0.205 e. The number of thiophene rings is 1. The van der Waals surface area contributed by atoms with Crippen molar-refractivity contribution in [1.29, 1.82) is 0 Å². The SMILES string of the molecule is Fc1csc2c(CBr)ccc(Cl)c12. The van der Waals surface area contributed by atoms with Gasteiger partial charge in [-0.2, -0.15) is 0 Å². The van der Waals surface area contributed by atoms with Gasteiger partial charge in [0.15, 0.2) is 0 Å². The molecule has 4 heteroatoms. The Labute approximate surface area is 92.5 Å². The Balaban J connectivity index is 2.87. The van der Waals surface area contributed by atoms with Gasteiger partial charge in [-0.3, -0.25) is 0 Å². The van der Waals surface area contributed by atoms with Crippen LogP contribution >= 0.6 is 38.9 Å². The number of benzene rings is 1. The zero-order chi connectivity index (χ0) is 9.42. The minimum atomic E-state index is -0.229. The van der Waals surface area contributed by atoms with E-state index >= 15 is 0 Å². The molecule has 0 saturated heterocycles.